The first-order valence-electron chi connectivity index (χ1n) is 12.0. The second kappa shape index (κ2) is 13.0. The van der Waals surface area contributed by atoms with Crippen molar-refractivity contribution in [2.45, 2.75) is 123 Å². The Morgan fingerprint density at radius 1 is 0.893 bits per heavy atom. The Labute approximate surface area is 185 Å². The van der Waals surface area contributed by atoms with Gasteiger partial charge in [0, 0.05) is 23.5 Å². The molecule has 1 aliphatic rings. The van der Waals surface area contributed by atoms with Crippen LogP contribution in [0.3, 0.4) is 0 Å². The Morgan fingerprint density at radius 2 is 1.43 bits per heavy atom. The minimum Gasteiger partial charge on any atom is -0.355 e. The number of halogens is 1. The van der Waals surface area contributed by atoms with Crippen molar-refractivity contribution in [2.75, 3.05) is 13.7 Å². The van der Waals surface area contributed by atoms with E-state index >= 15 is 0 Å². The van der Waals surface area contributed by atoms with Crippen LogP contribution in [0.1, 0.15) is 112 Å². The van der Waals surface area contributed by atoms with Gasteiger partial charge in [-0.25, -0.2) is 0 Å². The summed E-state index contributed by atoms with van der Waals surface area (Å²) in [5, 5.41) is 0. The first kappa shape index (κ1) is 26.4. The molecule has 0 bridgehead atoms. The van der Waals surface area contributed by atoms with Crippen LogP contribution in [0.15, 0.2) is 0 Å². The summed E-state index contributed by atoms with van der Waals surface area (Å²) in [7, 11) is 1.83. The number of hydrogen-bond acceptors (Lipinski definition) is 2. The first-order valence-corrected chi connectivity index (χ1v) is 12.8. The molecule has 0 aliphatic heterocycles. The number of rotatable bonds is 14. The molecule has 2 unspecified atom stereocenters. The van der Waals surface area contributed by atoms with Gasteiger partial charge in [-0.2, -0.15) is 0 Å². The minimum absolute atomic E-state index is 0.0902. The number of alkyl halides is 1. The fourth-order valence-corrected chi connectivity index (χ4v) is 5.57. The van der Waals surface area contributed by atoms with Gasteiger partial charge in [0.2, 0.25) is 0 Å². The average molecular weight is 462 g/mol. The summed E-state index contributed by atoms with van der Waals surface area (Å²) < 4.78 is 12.3. The Kier molecular flexibility index (Phi) is 12.2. The number of ether oxygens (including phenoxy) is 2. The predicted molar refractivity (Wildman–Crippen MR) is 126 cm³/mol. The molecule has 0 aromatic heterocycles. The SMILES string of the molecule is CCOC(OC)C(C)(CCC(Br)(CCC(C)C)CCC(C)C)C1CCCCC1. The zero-order valence-corrected chi connectivity index (χ0v) is 21.6. The van der Waals surface area contributed by atoms with Gasteiger partial charge in [0.15, 0.2) is 6.29 Å². The monoisotopic (exact) mass is 460 g/mol. The van der Waals surface area contributed by atoms with Crippen molar-refractivity contribution in [3.05, 3.63) is 0 Å². The molecule has 0 spiro atoms. The van der Waals surface area contributed by atoms with Crippen LogP contribution in [0.4, 0.5) is 0 Å². The molecule has 0 N–H and O–H groups in total. The van der Waals surface area contributed by atoms with Gasteiger partial charge < -0.3 is 9.47 Å². The lowest BCUT2D eigenvalue weighted by Gasteiger charge is -2.46. The summed E-state index contributed by atoms with van der Waals surface area (Å²) in [6.07, 6.45) is 14.2. The van der Waals surface area contributed by atoms with Gasteiger partial charge in [-0.15, -0.1) is 0 Å². The second-order valence-electron chi connectivity index (χ2n) is 10.4. The molecular formula is C25H49BrO2. The van der Waals surface area contributed by atoms with E-state index in [0.717, 1.165) is 18.4 Å². The lowest BCUT2D eigenvalue weighted by atomic mass is 9.66. The smallest absolute Gasteiger partial charge is 0.162 e. The predicted octanol–water partition coefficient (Wildman–Crippen LogP) is 8.37. The Balaban J connectivity index is 2.95. The van der Waals surface area contributed by atoms with E-state index in [2.05, 4.69) is 57.5 Å². The van der Waals surface area contributed by atoms with Crippen molar-refractivity contribution >= 4 is 15.9 Å². The molecule has 1 saturated carbocycles. The van der Waals surface area contributed by atoms with Crippen molar-refractivity contribution < 1.29 is 9.47 Å². The van der Waals surface area contributed by atoms with E-state index in [9.17, 15) is 0 Å². The summed E-state index contributed by atoms with van der Waals surface area (Å²) in [6.45, 7) is 14.6. The standard InChI is InChI=1S/C25H49BrO2/c1-8-28-23(27-7)24(6,22-12-10-9-11-13-22)18-19-25(26,16-14-20(2)3)17-15-21(4)5/h20-23H,8-19H2,1-7H3. The Morgan fingerprint density at radius 3 is 1.86 bits per heavy atom. The van der Waals surface area contributed by atoms with Crippen molar-refractivity contribution in [1.29, 1.82) is 0 Å². The molecule has 1 rings (SSSR count). The van der Waals surface area contributed by atoms with Crippen LogP contribution >= 0.6 is 15.9 Å². The van der Waals surface area contributed by atoms with Gasteiger partial charge in [-0.3, -0.25) is 0 Å². The molecule has 0 radical (unpaired) electrons. The minimum atomic E-state index is -0.0902. The maximum Gasteiger partial charge on any atom is 0.162 e. The van der Waals surface area contributed by atoms with Gasteiger partial charge in [0.25, 0.3) is 0 Å². The summed E-state index contributed by atoms with van der Waals surface area (Å²) in [5.41, 5.74) is 0.0971. The van der Waals surface area contributed by atoms with E-state index in [1.807, 2.05) is 7.11 Å². The van der Waals surface area contributed by atoms with Crippen LogP contribution in [0.2, 0.25) is 0 Å². The summed E-state index contributed by atoms with van der Waals surface area (Å²) in [4.78, 5) is 0. The highest BCUT2D eigenvalue weighted by Gasteiger charge is 2.44. The zero-order valence-electron chi connectivity index (χ0n) is 20.0. The highest BCUT2D eigenvalue weighted by molar-refractivity contribution is 9.10. The van der Waals surface area contributed by atoms with E-state index in [4.69, 9.17) is 9.47 Å². The van der Waals surface area contributed by atoms with Crippen molar-refractivity contribution in [1.82, 2.24) is 0 Å². The van der Waals surface area contributed by atoms with E-state index in [-0.39, 0.29) is 16.0 Å². The molecule has 0 heterocycles. The van der Waals surface area contributed by atoms with Gasteiger partial charge in [0.1, 0.15) is 0 Å². The van der Waals surface area contributed by atoms with Crippen LogP contribution in [0.25, 0.3) is 0 Å². The molecular weight excluding hydrogens is 412 g/mol. The maximum atomic E-state index is 6.13. The fourth-order valence-electron chi connectivity index (χ4n) is 4.92. The van der Waals surface area contributed by atoms with Crippen molar-refractivity contribution in [2.24, 2.45) is 23.2 Å². The normalized spacial score (nSPS) is 19.9. The third-order valence-corrected chi connectivity index (χ3v) is 8.25. The molecule has 0 aromatic rings. The molecule has 2 nitrogen and oxygen atoms in total. The van der Waals surface area contributed by atoms with Gasteiger partial charge in [-0.1, -0.05) is 69.8 Å². The van der Waals surface area contributed by atoms with Gasteiger partial charge >= 0.3 is 0 Å². The topological polar surface area (TPSA) is 18.5 Å². The number of methoxy groups -OCH3 is 1. The van der Waals surface area contributed by atoms with E-state index in [1.54, 1.807) is 0 Å². The summed E-state index contributed by atoms with van der Waals surface area (Å²) >= 11 is 4.25. The lowest BCUT2D eigenvalue weighted by Crippen LogP contribution is -2.44. The molecule has 1 fully saturated rings. The highest BCUT2D eigenvalue weighted by atomic mass is 79.9. The van der Waals surface area contributed by atoms with Gasteiger partial charge in [0.05, 0.1) is 0 Å². The molecule has 28 heavy (non-hydrogen) atoms. The first-order chi connectivity index (χ1) is 13.2. The molecule has 0 amide bonds. The van der Waals surface area contributed by atoms with Crippen molar-refractivity contribution in [3.8, 4) is 0 Å². The van der Waals surface area contributed by atoms with Crippen LogP contribution in [-0.2, 0) is 9.47 Å². The molecule has 3 heteroatoms. The molecule has 0 saturated heterocycles. The lowest BCUT2D eigenvalue weighted by molar-refractivity contribution is -0.209. The Hall–Kier alpha value is 0.400. The average Bonchev–Trinajstić information content (AvgIpc) is 2.68. The summed E-state index contributed by atoms with van der Waals surface area (Å²) in [5.74, 6) is 2.23. The van der Waals surface area contributed by atoms with E-state index < -0.39 is 0 Å². The maximum absolute atomic E-state index is 6.13. The molecule has 0 aromatic carbocycles. The third kappa shape index (κ3) is 8.64. The van der Waals surface area contributed by atoms with E-state index in [0.29, 0.717) is 5.92 Å². The fraction of sp³-hybridized carbons (Fsp3) is 1.00. The third-order valence-electron chi connectivity index (χ3n) is 7.06. The van der Waals surface area contributed by atoms with Crippen LogP contribution in [0, 0.1) is 23.2 Å². The highest BCUT2D eigenvalue weighted by Crippen LogP contribution is 2.48. The summed E-state index contributed by atoms with van der Waals surface area (Å²) in [6, 6.07) is 0. The van der Waals surface area contributed by atoms with Crippen LogP contribution in [-0.4, -0.2) is 24.3 Å². The quantitative estimate of drug-likeness (QED) is 0.191. The Bertz CT molecular complexity index is 385. The van der Waals surface area contributed by atoms with E-state index in [1.165, 1.54) is 70.6 Å². The van der Waals surface area contributed by atoms with Gasteiger partial charge in [-0.05, 0) is 76.0 Å². The largest absolute Gasteiger partial charge is 0.355 e. The van der Waals surface area contributed by atoms with Crippen LogP contribution < -0.4 is 0 Å². The van der Waals surface area contributed by atoms with Crippen LogP contribution in [0.5, 0.6) is 0 Å². The number of hydrogen-bond donors (Lipinski definition) is 0. The molecule has 2 atom stereocenters. The molecule has 168 valence electrons. The zero-order chi connectivity index (χ0) is 21.2. The van der Waals surface area contributed by atoms with Crippen molar-refractivity contribution in [3.63, 3.8) is 0 Å². The second-order valence-corrected chi connectivity index (χ2v) is 12.1. The molecule has 1 aliphatic carbocycles.